The van der Waals surface area contributed by atoms with Crippen molar-refractivity contribution in [3.05, 3.63) is 15.9 Å². The largest absolute Gasteiger partial charge is 0.297 e. The van der Waals surface area contributed by atoms with Gasteiger partial charge in [-0.25, -0.2) is 0 Å². The van der Waals surface area contributed by atoms with Crippen molar-refractivity contribution >= 4 is 15.9 Å². The number of rotatable bonds is 3. The molecule has 1 aromatic heterocycles. The molecule has 0 bridgehead atoms. The second-order valence-electron chi connectivity index (χ2n) is 4.46. The zero-order valence-corrected chi connectivity index (χ0v) is 11.2. The van der Waals surface area contributed by atoms with E-state index in [1.165, 1.54) is 23.3 Å². The molecule has 0 atom stereocenters. The van der Waals surface area contributed by atoms with Gasteiger partial charge in [-0.3, -0.25) is 9.58 Å². The maximum absolute atomic E-state index is 4.50. The molecule has 0 N–H and O–H groups in total. The quantitative estimate of drug-likeness (QED) is 0.842. The summed E-state index contributed by atoms with van der Waals surface area (Å²) in [4.78, 5) is 2.47. The van der Waals surface area contributed by atoms with E-state index in [9.17, 15) is 0 Å². The van der Waals surface area contributed by atoms with Crippen molar-refractivity contribution in [2.45, 2.75) is 33.9 Å². The fraction of sp³-hybridized carbons (Fsp3) is 0.727. The van der Waals surface area contributed by atoms with E-state index in [-0.39, 0.29) is 0 Å². The van der Waals surface area contributed by atoms with Crippen molar-refractivity contribution in [1.29, 1.82) is 0 Å². The van der Waals surface area contributed by atoms with Crippen molar-refractivity contribution < 1.29 is 0 Å². The average molecular weight is 272 g/mol. The first-order valence-electron chi connectivity index (χ1n) is 5.56. The van der Waals surface area contributed by atoms with Crippen molar-refractivity contribution in [2.24, 2.45) is 5.92 Å². The molecule has 0 radical (unpaired) electrons. The van der Waals surface area contributed by atoms with Crippen LogP contribution in [0.3, 0.4) is 0 Å². The highest BCUT2D eigenvalue weighted by Crippen LogP contribution is 2.25. The molecule has 1 aliphatic rings. The van der Waals surface area contributed by atoms with Gasteiger partial charge in [0, 0.05) is 26.2 Å². The van der Waals surface area contributed by atoms with Crippen LogP contribution in [0.5, 0.6) is 0 Å². The summed E-state index contributed by atoms with van der Waals surface area (Å²) >= 11 is 3.63. The minimum Gasteiger partial charge on any atom is -0.297 e. The Kier molecular flexibility index (Phi) is 3.16. The molecular formula is C11H18BrN3. The van der Waals surface area contributed by atoms with Gasteiger partial charge in [-0.2, -0.15) is 5.10 Å². The van der Waals surface area contributed by atoms with Gasteiger partial charge in [-0.1, -0.05) is 6.92 Å². The third-order valence-corrected chi connectivity index (χ3v) is 4.00. The van der Waals surface area contributed by atoms with Gasteiger partial charge >= 0.3 is 0 Å². The van der Waals surface area contributed by atoms with Crippen LogP contribution in [0.4, 0.5) is 0 Å². The summed E-state index contributed by atoms with van der Waals surface area (Å²) in [6.07, 6.45) is 0. The second kappa shape index (κ2) is 4.26. The first kappa shape index (κ1) is 11.1. The summed E-state index contributed by atoms with van der Waals surface area (Å²) in [7, 11) is 0. The molecule has 0 amide bonds. The Morgan fingerprint density at radius 2 is 2.13 bits per heavy atom. The molecule has 84 valence electrons. The Balaban J connectivity index is 2.12. The molecule has 1 aliphatic heterocycles. The number of halogens is 1. The molecular weight excluding hydrogens is 254 g/mol. The molecule has 1 saturated heterocycles. The molecule has 3 nitrogen and oxygen atoms in total. The van der Waals surface area contributed by atoms with Crippen LogP contribution in [0.1, 0.15) is 25.2 Å². The Morgan fingerprint density at radius 1 is 1.47 bits per heavy atom. The number of hydrogen-bond donors (Lipinski definition) is 0. The van der Waals surface area contributed by atoms with Gasteiger partial charge in [-0.05, 0) is 35.7 Å². The van der Waals surface area contributed by atoms with Crippen LogP contribution in [0.15, 0.2) is 4.47 Å². The summed E-state index contributed by atoms with van der Waals surface area (Å²) in [5, 5.41) is 4.50. The van der Waals surface area contributed by atoms with Crippen molar-refractivity contribution in [2.75, 3.05) is 13.1 Å². The van der Waals surface area contributed by atoms with Gasteiger partial charge in [0.25, 0.3) is 0 Å². The Bertz CT molecular complexity index is 353. The van der Waals surface area contributed by atoms with Crippen LogP contribution in [0.2, 0.25) is 0 Å². The van der Waals surface area contributed by atoms with Gasteiger partial charge in [0.1, 0.15) is 0 Å². The maximum atomic E-state index is 4.50. The maximum Gasteiger partial charge on any atom is 0.0739 e. The lowest BCUT2D eigenvalue weighted by molar-refractivity contribution is 0.101. The van der Waals surface area contributed by atoms with E-state index >= 15 is 0 Å². The van der Waals surface area contributed by atoms with Gasteiger partial charge in [0.2, 0.25) is 0 Å². The summed E-state index contributed by atoms with van der Waals surface area (Å²) < 4.78 is 3.28. The smallest absolute Gasteiger partial charge is 0.0739 e. The normalized spacial score (nSPS) is 18.1. The highest BCUT2D eigenvalue weighted by atomic mass is 79.9. The van der Waals surface area contributed by atoms with Crippen LogP contribution in [-0.4, -0.2) is 27.8 Å². The molecule has 15 heavy (non-hydrogen) atoms. The predicted octanol–water partition coefficient (Wildman–Crippen LogP) is 2.43. The average Bonchev–Trinajstić information content (AvgIpc) is 2.43. The molecule has 4 heteroatoms. The van der Waals surface area contributed by atoms with E-state index in [2.05, 4.69) is 51.4 Å². The minimum absolute atomic E-state index is 0.864. The molecule has 0 saturated carbocycles. The third kappa shape index (κ3) is 2.11. The molecule has 2 heterocycles. The third-order valence-electron chi connectivity index (χ3n) is 2.97. The van der Waals surface area contributed by atoms with Crippen molar-refractivity contribution in [1.82, 2.24) is 14.7 Å². The molecule has 0 spiro atoms. The van der Waals surface area contributed by atoms with E-state index in [1.807, 2.05) is 0 Å². The Hall–Kier alpha value is -0.350. The lowest BCUT2D eigenvalue weighted by atomic mass is 10.0. The lowest BCUT2D eigenvalue weighted by Gasteiger charge is -2.37. The standard InChI is InChI=1S/C11H18BrN3/c1-4-15-10(11(12)9(3)13-15)7-14-5-8(2)6-14/h8H,4-7H2,1-3H3. The van der Waals surface area contributed by atoms with Crippen molar-refractivity contribution in [3.63, 3.8) is 0 Å². The highest BCUT2D eigenvalue weighted by molar-refractivity contribution is 9.10. The number of hydrogen-bond acceptors (Lipinski definition) is 2. The SMILES string of the molecule is CCn1nc(C)c(Br)c1CN1CC(C)C1. The first-order chi connectivity index (χ1) is 7.11. The van der Waals surface area contributed by atoms with Gasteiger partial charge in [0.05, 0.1) is 15.9 Å². The number of aromatic nitrogens is 2. The van der Waals surface area contributed by atoms with Crippen molar-refractivity contribution in [3.8, 4) is 0 Å². The molecule has 2 rings (SSSR count). The van der Waals surface area contributed by atoms with Crippen LogP contribution in [0, 0.1) is 12.8 Å². The molecule has 0 aliphatic carbocycles. The van der Waals surface area contributed by atoms with Crippen LogP contribution >= 0.6 is 15.9 Å². The first-order valence-corrected chi connectivity index (χ1v) is 6.35. The van der Waals surface area contributed by atoms with Gasteiger partial charge in [-0.15, -0.1) is 0 Å². The Labute approximate surface area is 99.6 Å². The Morgan fingerprint density at radius 3 is 2.67 bits per heavy atom. The zero-order valence-electron chi connectivity index (χ0n) is 9.63. The highest BCUT2D eigenvalue weighted by Gasteiger charge is 2.24. The molecule has 1 aromatic rings. The van der Waals surface area contributed by atoms with Gasteiger partial charge in [0.15, 0.2) is 0 Å². The topological polar surface area (TPSA) is 21.1 Å². The van der Waals surface area contributed by atoms with E-state index < -0.39 is 0 Å². The van der Waals surface area contributed by atoms with Gasteiger partial charge < -0.3 is 0 Å². The van der Waals surface area contributed by atoms with E-state index in [0.717, 1.165) is 24.7 Å². The fourth-order valence-corrected chi connectivity index (χ4v) is 2.60. The number of nitrogens with zero attached hydrogens (tertiary/aromatic N) is 3. The van der Waals surface area contributed by atoms with Crippen LogP contribution in [-0.2, 0) is 13.1 Å². The van der Waals surface area contributed by atoms with E-state index in [4.69, 9.17) is 0 Å². The second-order valence-corrected chi connectivity index (χ2v) is 5.25. The minimum atomic E-state index is 0.864. The van der Waals surface area contributed by atoms with E-state index in [1.54, 1.807) is 0 Å². The number of aryl methyl sites for hydroxylation is 2. The molecule has 0 aromatic carbocycles. The summed E-state index contributed by atoms with van der Waals surface area (Å²) in [5.41, 5.74) is 2.42. The number of likely N-dealkylation sites (tertiary alicyclic amines) is 1. The van der Waals surface area contributed by atoms with Crippen LogP contribution in [0.25, 0.3) is 0 Å². The van der Waals surface area contributed by atoms with E-state index in [0.29, 0.717) is 0 Å². The molecule has 0 unspecified atom stereocenters. The van der Waals surface area contributed by atoms with Crippen LogP contribution < -0.4 is 0 Å². The lowest BCUT2D eigenvalue weighted by Crippen LogP contribution is -2.44. The fourth-order valence-electron chi connectivity index (χ4n) is 2.19. The summed E-state index contributed by atoms with van der Waals surface area (Å²) in [6, 6.07) is 0. The predicted molar refractivity (Wildman–Crippen MR) is 64.8 cm³/mol. The monoisotopic (exact) mass is 271 g/mol. The zero-order chi connectivity index (χ0) is 11.0. The summed E-state index contributed by atoms with van der Waals surface area (Å²) in [5.74, 6) is 0.864. The summed E-state index contributed by atoms with van der Waals surface area (Å²) in [6.45, 7) is 10.9. The molecule has 1 fully saturated rings.